The van der Waals surface area contributed by atoms with Gasteiger partial charge >= 0.3 is 14.2 Å². The van der Waals surface area contributed by atoms with Crippen molar-refractivity contribution in [3.05, 3.63) is 58.6 Å². The Bertz CT molecular complexity index is 1600. The second-order valence-corrected chi connectivity index (χ2v) is 13.3. The van der Waals surface area contributed by atoms with Crippen molar-refractivity contribution in [2.75, 3.05) is 0 Å². The van der Waals surface area contributed by atoms with E-state index >= 15 is 0 Å². The second-order valence-electron chi connectivity index (χ2n) is 12.6. The van der Waals surface area contributed by atoms with E-state index in [1.807, 2.05) is 39.8 Å². The van der Waals surface area contributed by atoms with Crippen LogP contribution in [0, 0.1) is 0 Å². The summed E-state index contributed by atoms with van der Waals surface area (Å²) in [5, 5.41) is 7.47. The van der Waals surface area contributed by atoms with Crippen molar-refractivity contribution < 1.29 is 18.6 Å². The number of halogens is 2. The molecule has 0 atom stereocenters. The lowest BCUT2D eigenvalue weighted by atomic mass is 9.77. The molecule has 2 heterocycles. The first-order valence-electron chi connectivity index (χ1n) is 13.1. The molecule has 0 radical (unpaired) electrons. The van der Waals surface area contributed by atoms with E-state index in [4.69, 9.17) is 41.8 Å². The average Bonchev–Trinajstić information content (AvgIpc) is 3.18. The molecule has 6 rings (SSSR count). The van der Waals surface area contributed by atoms with Gasteiger partial charge in [-0.2, -0.15) is 0 Å². The van der Waals surface area contributed by atoms with E-state index in [1.165, 1.54) is 0 Å². The summed E-state index contributed by atoms with van der Waals surface area (Å²) in [7, 11) is -0.971. The molecular formula is C30H32B2Cl2O4. The number of rotatable bonds is 2. The van der Waals surface area contributed by atoms with Crippen LogP contribution in [0.15, 0.2) is 48.5 Å². The van der Waals surface area contributed by atoms with Gasteiger partial charge in [0.1, 0.15) is 0 Å². The first-order valence-corrected chi connectivity index (χ1v) is 13.9. The molecular weight excluding hydrogens is 517 g/mol. The third kappa shape index (κ3) is 3.83. The predicted molar refractivity (Wildman–Crippen MR) is 160 cm³/mol. The molecule has 0 amide bonds. The zero-order chi connectivity index (χ0) is 27.4. The third-order valence-electron chi connectivity index (χ3n) is 9.10. The van der Waals surface area contributed by atoms with Crippen molar-refractivity contribution in [2.45, 2.75) is 77.8 Å². The van der Waals surface area contributed by atoms with Gasteiger partial charge in [-0.1, -0.05) is 65.7 Å². The summed E-state index contributed by atoms with van der Waals surface area (Å²) in [6, 6.07) is 16.6. The van der Waals surface area contributed by atoms with E-state index in [0.717, 1.165) is 43.2 Å². The normalized spacial score (nSPS) is 21.7. The minimum Gasteiger partial charge on any atom is -0.399 e. The number of benzene rings is 4. The van der Waals surface area contributed by atoms with E-state index in [2.05, 4.69) is 64.1 Å². The van der Waals surface area contributed by atoms with Crippen LogP contribution < -0.4 is 10.9 Å². The van der Waals surface area contributed by atoms with Gasteiger partial charge in [0.2, 0.25) is 0 Å². The zero-order valence-corrected chi connectivity index (χ0v) is 24.7. The van der Waals surface area contributed by atoms with Crippen LogP contribution in [-0.4, -0.2) is 36.6 Å². The lowest BCUT2D eigenvalue weighted by Crippen LogP contribution is -2.41. The molecule has 0 N–H and O–H groups in total. The molecule has 2 saturated heterocycles. The molecule has 2 aliphatic heterocycles. The summed E-state index contributed by atoms with van der Waals surface area (Å²) in [6.07, 6.45) is 0. The van der Waals surface area contributed by atoms with Gasteiger partial charge in [0.05, 0.1) is 22.4 Å². The Kier molecular flexibility index (Phi) is 5.81. The topological polar surface area (TPSA) is 36.9 Å². The highest BCUT2D eigenvalue weighted by atomic mass is 35.5. The van der Waals surface area contributed by atoms with E-state index in [1.54, 1.807) is 0 Å². The Hall–Kier alpha value is -1.79. The van der Waals surface area contributed by atoms with Gasteiger partial charge in [-0.3, -0.25) is 0 Å². The van der Waals surface area contributed by atoms with Crippen LogP contribution >= 0.6 is 23.2 Å². The second kappa shape index (κ2) is 8.36. The molecule has 0 bridgehead atoms. The highest BCUT2D eigenvalue weighted by molar-refractivity contribution is 6.67. The van der Waals surface area contributed by atoms with Crippen LogP contribution in [0.5, 0.6) is 0 Å². The van der Waals surface area contributed by atoms with E-state index in [9.17, 15) is 0 Å². The molecule has 4 aromatic carbocycles. The highest BCUT2D eigenvalue weighted by Crippen LogP contribution is 2.41. The Morgan fingerprint density at radius 3 is 1.55 bits per heavy atom. The minimum absolute atomic E-state index is 0.406. The maximum atomic E-state index is 6.99. The Morgan fingerprint density at radius 2 is 0.947 bits per heavy atom. The summed E-state index contributed by atoms with van der Waals surface area (Å²) >= 11 is 13.9. The molecule has 0 aromatic heterocycles. The molecule has 38 heavy (non-hydrogen) atoms. The zero-order valence-electron chi connectivity index (χ0n) is 23.2. The van der Waals surface area contributed by atoms with Gasteiger partial charge in [-0.15, -0.1) is 0 Å². The molecule has 2 aliphatic rings. The van der Waals surface area contributed by atoms with Crippen molar-refractivity contribution in [3.63, 3.8) is 0 Å². The summed E-state index contributed by atoms with van der Waals surface area (Å²) in [6.45, 7) is 16.4. The van der Waals surface area contributed by atoms with Crippen molar-refractivity contribution in [1.29, 1.82) is 0 Å². The highest BCUT2D eigenvalue weighted by Gasteiger charge is 2.53. The maximum absolute atomic E-state index is 6.99. The van der Waals surface area contributed by atoms with Crippen LogP contribution in [0.4, 0.5) is 0 Å². The van der Waals surface area contributed by atoms with Crippen LogP contribution in [0.2, 0.25) is 10.0 Å². The van der Waals surface area contributed by atoms with Gasteiger partial charge in [0.25, 0.3) is 0 Å². The van der Waals surface area contributed by atoms with Crippen molar-refractivity contribution in [1.82, 2.24) is 0 Å². The van der Waals surface area contributed by atoms with Gasteiger partial charge in [-0.25, -0.2) is 0 Å². The standard InChI is InChI=1S/C30H32B2Cl2O4/c1-27(2)28(3,4)36-31(35-27)17-9-10-19-18-11-12-21-20(22(18)16-25(33)23(19)15-17)13-14-24(26(21)34)32-37-29(5,6)30(7,8)38-32/h9-16H,1-8H3. The Labute approximate surface area is 235 Å². The fourth-order valence-electron chi connectivity index (χ4n) is 5.28. The minimum atomic E-state index is -0.527. The summed E-state index contributed by atoms with van der Waals surface area (Å²) in [5.74, 6) is 0. The molecule has 0 aliphatic carbocycles. The first-order chi connectivity index (χ1) is 17.6. The van der Waals surface area contributed by atoms with Crippen LogP contribution in [0.25, 0.3) is 32.3 Å². The summed E-state index contributed by atoms with van der Waals surface area (Å²) in [4.78, 5) is 0. The Morgan fingerprint density at radius 1 is 0.500 bits per heavy atom. The van der Waals surface area contributed by atoms with Gasteiger partial charge in [0.15, 0.2) is 0 Å². The summed E-state index contributed by atoms with van der Waals surface area (Å²) < 4.78 is 25.1. The number of fused-ring (bicyclic) bond motifs is 5. The fraction of sp³-hybridized carbons (Fsp3) is 0.400. The van der Waals surface area contributed by atoms with Crippen molar-refractivity contribution >= 4 is 80.7 Å². The van der Waals surface area contributed by atoms with E-state index in [0.29, 0.717) is 10.0 Å². The molecule has 4 nitrogen and oxygen atoms in total. The molecule has 0 unspecified atom stereocenters. The maximum Gasteiger partial charge on any atom is 0.496 e. The number of hydrogen-bond donors (Lipinski definition) is 0. The smallest absolute Gasteiger partial charge is 0.399 e. The molecule has 2 fully saturated rings. The van der Waals surface area contributed by atoms with Crippen LogP contribution in [0.1, 0.15) is 55.4 Å². The van der Waals surface area contributed by atoms with Gasteiger partial charge < -0.3 is 18.6 Å². The van der Waals surface area contributed by atoms with E-state index in [-0.39, 0.29) is 0 Å². The quantitative estimate of drug-likeness (QED) is 0.199. The van der Waals surface area contributed by atoms with Crippen LogP contribution in [0.3, 0.4) is 0 Å². The largest absolute Gasteiger partial charge is 0.496 e. The van der Waals surface area contributed by atoms with Crippen LogP contribution in [-0.2, 0) is 18.6 Å². The van der Waals surface area contributed by atoms with E-state index < -0.39 is 36.6 Å². The molecule has 4 aromatic rings. The van der Waals surface area contributed by atoms with Crippen molar-refractivity contribution in [3.8, 4) is 0 Å². The van der Waals surface area contributed by atoms with Gasteiger partial charge in [-0.05, 0) is 88.5 Å². The Balaban J connectivity index is 1.45. The van der Waals surface area contributed by atoms with Gasteiger partial charge in [0, 0.05) is 26.3 Å². The first kappa shape index (κ1) is 26.4. The lowest BCUT2D eigenvalue weighted by Gasteiger charge is -2.32. The number of hydrogen-bond acceptors (Lipinski definition) is 4. The van der Waals surface area contributed by atoms with Crippen molar-refractivity contribution in [2.24, 2.45) is 0 Å². The average molecular weight is 549 g/mol. The monoisotopic (exact) mass is 548 g/mol. The summed E-state index contributed by atoms with van der Waals surface area (Å²) in [5.41, 5.74) is 0.0906. The molecule has 8 heteroatoms. The molecule has 0 saturated carbocycles. The lowest BCUT2D eigenvalue weighted by molar-refractivity contribution is 0.00578. The third-order valence-corrected chi connectivity index (χ3v) is 9.84. The molecule has 196 valence electrons. The fourth-order valence-corrected chi connectivity index (χ4v) is 5.86. The SMILES string of the molecule is CC1(C)OB(c2ccc3c(c2)c(Cl)cc2c4ccc(B5OC(C)(C)C(C)(C)O5)c(Cl)c4ccc32)OC1(C)C. The predicted octanol–water partition coefficient (Wildman–Crippen LogP) is 7.05. The molecule has 0 spiro atoms.